The van der Waals surface area contributed by atoms with Crippen molar-refractivity contribution in [3.63, 3.8) is 0 Å². The lowest BCUT2D eigenvalue weighted by atomic mass is 9.93. The molecule has 0 saturated carbocycles. The van der Waals surface area contributed by atoms with Crippen LogP contribution in [0.1, 0.15) is 43.1 Å². The van der Waals surface area contributed by atoms with Crippen LogP contribution in [-0.4, -0.2) is 10.1 Å². The van der Waals surface area contributed by atoms with Gasteiger partial charge in [-0.05, 0) is 18.2 Å². The van der Waals surface area contributed by atoms with Crippen LogP contribution in [-0.2, 0) is 11.8 Å². The average molecular weight is 330 g/mol. The summed E-state index contributed by atoms with van der Waals surface area (Å²) in [6.45, 7) is 6.36. The number of thiazole rings is 1. The van der Waals surface area contributed by atoms with Gasteiger partial charge in [0.25, 0.3) is 0 Å². The van der Waals surface area contributed by atoms with Crippen LogP contribution in [0.2, 0.25) is 10.0 Å². The Morgan fingerprint density at radius 3 is 2.60 bits per heavy atom. The van der Waals surface area contributed by atoms with Crippen LogP contribution in [0, 0.1) is 0 Å². The van der Waals surface area contributed by atoms with Crippen molar-refractivity contribution in [3.05, 3.63) is 49.9 Å². The van der Waals surface area contributed by atoms with Crippen molar-refractivity contribution in [1.82, 2.24) is 4.98 Å². The Bertz CT molecular complexity index is 604. The number of benzene rings is 1. The lowest BCUT2D eigenvalue weighted by molar-refractivity contribution is 0.178. The predicted octanol–water partition coefficient (Wildman–Crippen LogP) is 5.02. The number of nitrogens with zero attached hydrogens (tertiary/aromatic N) is 1. The maximum Gasteiger partial charge on any atom is 0.0957 e. The third-order valence-electron chi connectivity index (χ3n) is 3.01. The molecule has 0 saturated heterocycles. The largest absolute Gasteiger partial charge is 0.388 e. The molecule has 0 aliphatic rings. The summed E-state index contributed by atoms with van der Waals surface area (Å²) in [6.07, 6.45) is -0.249. The van der Waals surface area contributed by atoms with E-state index in [1.165, 1.54) is 0 Å². The molecule has 5 heteroatoms. The minimum absolute atomic E-state index is 0.0212. The van der Waals surface area contributed by atoms with Gasteiger partial charge in [-0.3, -0.25) is 0 Å². The zero-order valence-electron chi connectivity index (χ0n) is 11.7. The van der Waals surface area contributed by atoms with E-state index in [9.17, 15) is 5.11 Å². The molecule has 0 aliphatic heterocycles. The smallest absolute Gasteiger partial charge is 0.0957 e. The van der Waals surface area contributed by atoms with Crippen LogP contribution in [0.15, 0.2) is 23.6 Å². The van der Waals surface area contributed by atoms with E-state index in [0.717, 1.165) is 10.7 Å². The standard InChI is InChI=1S/C15H17Cl2NOS/c1-15(2,3)13-8-20-14(18-13)7-12(19)10-6-9(16)4-5-11(10)17/h4-6,8,12,19H,7H2,1-3H3. The van der Waals surface area contributed by atoms with Crippen LogP contribution in [0.4, 0.5) is 0 Å². The van der Waals surface area contributed by atoms with Gasteiger partial charge in [-0.15, -0.1) is 11.3 Å². The number of hydrogen-bond donors (Lipinski definition) is 1. The molecule has 0 radical (unpaired) electrons. The molecule has 20 heavy (non-hydrogen) atoms. The van der Waals surface area contributed by atoms with Gasteiger partial charge < -0.3 is 5.11 Å². The van der Waals surface area contributed by atoms with Gasteiger partial charge in [-0.1, -0.05) is 44.0 Å². The summed E-state index contributed by atoms with van der Waals surface area (Å²) in [5, 5.41) is 14.3. The average Bonchev–Trinajstić information content (AvgIpc) is 2.80. The highest BCUT2D eigenvalue weighted by Crippen LogP contribution is 2.30. The third kappa shape index (κ3) is 3.73. The van der Waals surface area contributed by atoms with Crippen molar-refractivity contribution < 1.29 is 5.11 Å². The molecular formula is C15H17Cl2NOS. The molecule has 108 valence electrons. The minimum Gasteiger partial charge on any atom is -0.388 e. The molecule has 1 N–H and O–H groups in total. The van der Waals surface area contributed by atoms with Crippen molar-refractivity contribution in [3.8, 4) is 0 Å². The summed E-state index contributed by atoms with van der Waals surface area (Å²) < 4.78 is 0. The van der Waals surface area contributed by atoms with E-state index in [0.29, 0.717) is 22.0 Å². The molecule has 0 bridgehead atoms. The van der Waals surface area contributed by atoms with E-state index >= 15 is 0 Å². The lowest BCUT2D eigenvalue weighted by Crippen LogP contribution is -2.12. The lowest BCUT2D eigenvalue weighted by Gasteiger charge is -2.15. The van der Waals surface area contributed by atoms with Crippen molar-refractivity contribution in [1.29, 1.82) is 0 Å². The van der Waals surface area contributed by atoms with E-state index in [1.807, 2.05) is 5.38 Å². The van der Waals surface area contributed by atoms with E-state index in [2.05, 4.69) is 25.8 Å². The fourth-order valence-corrected chi connectivity index (χ4v) is 3.28. The molecule has 1 heterocycles. The summed E-state index contributed by atoms with van der Waals surface area (Å²) in [7, 11) is 0. The molecule has 2 nitrogen and oxygen atoms in total. The van der Waals surface area contributed by atoms with Crippen LogP contribution < -0.4 is 0 Å². The van der Waals surface area contributed by atoms with Crippen LogP contribution in [0.3, 0.4) is 0 Å². The van der Waals surface area contributed by atoms with Gasteiger partial charge in [-0.2, -0.15) is 0 Å². The number of aromatic nitrogens is 1. The zero-order valence-corrected chi connectivity index (χ0v) is 14.0. The maximum absolute atomic E-state index is 10.3. The van der Waals surface area contributed by atoms with Crippen LogP contribution in [0.5, 0.6) is 0 Å². The van der Waals surface area contributed by atoms with Crippen molar-refractivity contribution in [2.24, 2.45) is 0 Å². The van der Waals surface area contributed by atoms with Gasteiger partial charge in [0.2, 0.25) is 0 Å². The molecule has 0 amide bonds. The highest BCUT2D eigenvalue weighted by atomic mass is 35.5. The number of aliphatic hydroxyl groups is 1. The van der Waals surface area contributed by atoms with E-state index in [4.69, 9.17) is 23.2 Å². The topological polar surface area (TPSA) is 33.1 Å². The van der Waals surface area contributed by atoms with Gasteiger partial charge >= 0.3 is 0 Å². The zero-order chi connectivity index (χ0) is 14.9. The Morgan fingerprint density at radius 1 is 1.30 bits per heavy atom. The fourth-order valence-electron chi connectivity index (χ4n) is 1.79. The van der Waals surface area contributed by atoms with Gasteiger partial charge in [0, 0.05) is 32.8 Å². The first kappa shape index (κ1) is 15.8. The van der Waals surface area contributed by atoms with Crippen LogP contribution >= 0.6 is 34.5 Å². The van der Waals surface area contributed by atoms with Gasteiger partial charge in [0.05, 0.1) is 16.8 Å². The van der Waals surface area contributed by atoms with Crippen molar-refractivity contribution in [2.75, 3.05) is 0 Å². The monoisotopic (exact) mass is 329 g/mol. The number of halogens is 2. The molecule has 1 unspecified atom stereocenters. The third-order valence-corrected chi connectivity index (χ3v) is 4.46. The number of hydrogen-bond acceptors (Lipinski definition) is 3. The second kappa shape index (κ2) is 6.02. The van der Waals surface area contributed by atoms with Gasteiger partial charge in [0.15, 0.2) is 0 Å². The second-order valence-corrected chi connectivity index (χ2v) is 7.55. The molecule has 1 atom stereocenters. The molecule has 0 spiro atoms. The Balaban J connectivity index is 2.17. The van der Waals surface area contributed by atoms with E-state index < -0.39 is 6.10 Å². The fraction of sp³-hybridized carbons (Fsp3) is 0.400. The SMILES string of the molecule is CC(C)(C)c1csc(CC(O)c2cc(Cl)ccc2Cl)n1. The Kier molecular flexibility index (Phi) is 4.75. The summed E-state index contributed by atoms with van der Waals surface area (Å²) in [4.78, 5) is 4.58. The Morgan fingerprint density at radius 2 is 2.00 bits per heavy atom. The first-order valence-corrected chi connectivity index (χ1v) is 7.99. The molecule has 1 aromatic carbocycles. The molecule has 1 aromatic heterocycles. The molecule has 2 aromatic rings. The van der Waals surface area contributed by atoms with Crippen molar-refractivity contribution in [2.45, 2.75) is 38.7 Å². The molecule has 0 fully saturated rings. The highest BCUT2D eigenvalue weighted by molar-refractivity contribution is 7.09. The van der Waals surface area contributed by atoms with Gasteiger partial charge in [-0.25, -0.2) is 4.98 Å². The van der Waals surface area contributed by atoms with Gasteiger partial charge in [0.1, 0.15) is 0 Å². The molecule has 0 aliphatic carbocycles. The predicted molar refractivity (Wildman–Crippen MR) is 85.9 cm³/mol. The quantitative estimate of drug-likeness (QED) is 0.857. The summed E-state index contributed by atoms with van der Waals surface area (Å²) in [5.41, 5.74) is 1.71. The number of rotatable bonds is 3. The van der Waals surface area contributed by atoms with Crippen LogP contribution in [0.25, 0.3) is 0 Å². The maximum atomic E-state index is 10.3. The molecular weight excluding hydrogens is 313 g/mol. The van der Waals surface area contributed by atoms with Crippen molar-refractivity contribution >= 4 is 34.5 Å². The second-order valence-electron chi connectivity index (χ2n) is 5.76. The summed E-state index contributed by atoms with van der Waals surface area (Å²) in [5.74, 6) is 0. The summed E-state index contributed by atoms with van der Waals surface area (Å²) in [6, 6.07) is 5.11. The first-order chi connectivity index (χ1) is 9.27. The minimum atomic E-state index is -0.694. The summed E-state index contributed by atoms with van der Waals surface area (Å²) >= 11 is 13.6. The molecule has 2 rings (SSSR count). The Hall–Kier alpha value is -0.610. The number of aliphatic hydroxyl groups excluding tert-OH is 1. The highest BCUT2D eigenvalue weighted by Gasteiger charge is 2.20. The van der Waals surface area contributed by atoms with E-state index in [-0.39, 0.29) is 5.41 Å². The van der Waals surface area contributed by atoms with E-state index in [1.54, 1.807) is 29.5 Å². The Labute approximate surface area is 133 Å². The first-order valence-electron chi connectivity index (χ1n) is 6.35. The normalized spacial score (nSPS) is 13.5.